The first-order valence-corrected chi connectivity index (χ1v) is 6.20. The monoisotopic (exact) mass is 225 g/mol. The summed E-state index contributed by atoms with van der Waals surface area (Å²) in [6.07, 6.45) is 5.09. The van der Waals surface area contributed by atoms with Gasteiger partial charge in [-0.15, -0.1) is 0 Å². The van der Waals surface area contributed by atoms with Crippen molar-refractivity contribution in [1.29, 1.82) is 0 Å². The molecule has 16 heavy (non-hydrogen) atoms. The molecule has 2 aliphatic rings. The van der Waals surface area contributed by atoms with Crippen LogP contribution < -0.4 is 0 Å². The Labute approximate surface area is 95.6 Å². The van der Waals surface area contributed by atoms with Crippen LogP contribution in [-0.2, 0) is 9.59 Å². The molecular formula is C12H19NO3. The lowest BCUT2D eigenvalue weighted by atomic mass is 9.81. The standard InChI is InChI=1S/C12H19NO3/c14-11(13-7-1-2-8-13)9-3-5-10(6-4-9)12(15)16/h9-10H,1-8H2,(H,15,16). The number of hydrogen-bond acceptors (Lipinski definition) is 2. The van der Waals surface area contributed by atoms with Gasteiger partial charge in [0.15, 0.2) is 0 Å². The van der Waals surface area contributed by atoms with Crippen LogP contribution in [0.25, 0.3) is 0 Å². The molecule has 1 saturated heterocycles. The summed E-state index contributed by atoms with van der Waals surface area (Å²) in [6.45, 7) is 1.80. The Hall–Kier alpha value is -1.06. The summed E-state index contributed by atoms with van der Waals surface area (Å²) in [5, 5.41) is 8.88. The third-order valence-corrected chi connectivity index (χ3v) is 3.84. The minimum atomic E-state index is -0.702. The van der Waals surface area contributed by atoms with E-state index in [2.05, 4.69) is 0 Å². The van der Waals surface area contributed by atoms with Gasteiger partial charge in [-0.1, -0.05) is 0 Å². The van der Waals surface area contributed by atoms with Crippen LogP contribution in [0.5, 0.6) is 0 Å². The van der Waals surface area contributed by atoms with Crippen molar-refractivity contribution in [3.63, 3.8) is 0 Å². The number of rotatable bonds is 2. The Balaban J connectivity index is 1.84. The quantitative estimate of drug-likeness (QED) is 0.774. The van der Waals surface area contributed by atoms with Crippen LogP contribution in [0, 0.1) is 11.8 Å². The van der Waals surface area contributed by atoms with Gasteiger partial charge < -0.3 is 10.0 Å². The van der Waals surface area contributed by atoms with E-state index in [1.54, 1.807) is 0 Å². The highest BCUT2D eigenvalue weighted by atomic mass is 16.4. The first kappa shape index (κ1) is 11.4. The van der Waals surface area contributed by atoms with Crippen molar-refractivity contribution in [2.24, 2.45) is 11.8 Å². The Bertz CT molecular complexity index is 276. The average Bonchev–Trinajstić information content (AvgIpc) is 2.81. The maximum Gasteiger partial charge on any atom is 0.306 e. The van der Waals surface area contributed by atoms with Crippen LogP contribution in [0.3, 0.4) is 0 Å². The van der Waals surface area contributed by atoms with Crippen molar-refractivity contribution in [1.82, 2.24) is 4.90 Å². The highest BCUT2D eigenvalue weighted by Crippen LogP contribution is 2.30. The van der Waals surface area contributed by atoms with Gasteiger partial charge in [0.2, 0.25) is 5.91 Å². The van der Waals surface area contributed by atoms with Crippen molar-refractivity contribution in [3.8, 4) is 0 Å². The number of carbonyl (C=O) groups excluding carboxylic acids is 1. The first-order chi connectivity index (χ1) is 7.68. The molecule has 0 radical (unpaired) electrons. The Morgan fingerprint density at radius 3 is 1.94 bits per heavy atom. The van der Waals surface area contributed by atoms with E-state index in [1.807, 2.05) is 4.90 Å². The van der Waals surface area contributed by atoms with Gasteiger partial charge in [0.25, 0.3) is 0 Å². The number of carboxylic acids is 1. The number of aliphatic carboxylic acids is 1. The van der Waals surface area contributed by atoms with Crippen LogP contribution in [0.1, 0.15) is 38.5 Å². The molecule has 1 saturated carbocycles. The lowest BCUT2D eigenvalue weighted by Gasteiger charge is -2.28. The van der Waals surface area contributed by atoms with Crippen LogP contribution in [0.15, 0.2) is 0 Å². The number of hydrogen-bond donors (Lipinski definition) is 1. The highest BCUT2D eigenvalue weighted by Gasteiger charge is 2.32. The summed E-state index contributed by atoms with van der Waals surface area (Å²) in [5.74, 6) is -0.565. The zero-order valence-corrected chi connectivity index (χ0v) is 9.52. The minimum Gasteiger partial charge on any atom is -0.481 e. The molecule has 1 amide bonds. The van der Waals surface area contributed by atoms with Crippen molar-refractivity contribution in [3.05, 3.63) is 0 Å². The highest BCUT2D eigenvalue weighted by molar-refractivity contribution is 5.79. The van der Waals surface area contributed by atoms with Crippen molar-refractivity contribution < 1.29 is 14.7 Å². The lowest BCUT2D eigenvalue weighted by Crippen LogP contribution is -2.36. The number of carboxylic acid groups (broad SMARTS) is 1. The number of likely N-dealkylation sites (tertiary alicyclic amines) is 1. The van der Waals surface area contributed by atoms with Gasteiger partial charge in [0.05, 0.1) is 5.92 Å². The molecule has 0 aromatic heterocycles. The second-order valence-corrected chi connectivity index (χ2v) is 4.92. The minimum absolute atomic E-state index is 0.0914. The second-order valence-electron chi connectivity index (χ2n) is 4.92. The molecule has 1 aliphatic heterocycles. The number of carbonyl (C=O) groups is 2. The van der Waals surface area contributed by atoms with Gasteiger partial charge in [-0.05, 0) is 38.5 Å². The SMILES string of the molecule is O=C(O)C1CCC(C(=O)N2CCCC2)CC1. The van der Waals surface area contributed by atoms with Gasteiger partial charge in [-0.3, -0.25) is 9.59 Å². The van der Waals surface area contributed by atoms with Crippen LogP contribution in [-0.4, -0.2) is 35.0 Å². The van der Waals surface area contributed by atoms with E-state index in [9.17, 15) is 9.59 Å². The predicted molar refractivity (Wildman–Crippen MR) is 58.9 cm³/mol. The molecule has 2 fully saturated rings. The molecule has 4 heteroatoms. The number of amides is 1. The Morgan fingerprint density at radius 1 is 0.938 bits per heavy atom. The van der Waals surface area contributed by atoms with E-state index in [1.165, 1.54) is 0 Å². The third kappa shape index (κ3) is 2.36. The maximum atomic E-state index is 12.1. The van der Waals surface area contributed by atoms with E-state index in [4.69, 9.17) is 5.11 Å². The van der Waals surface area contributed by atoms with Gasteiger partial charge >= 0.3 is 5.97 Å². The summed E-state index contributed by atoms with van der Waals surface area (Å²) < 4.78 is 0. The molecule has 0 bridgehead atoms. The van der Waals surface area contributed by atoms with Gasteiger partial charge in [0.1, 0.15) is 0 Å². The largest absolute Gasteiger partial charge is 0.481 e. The summed E-state index contributed by atoms with van der Waals surface area (Å²) in [7, 11) is 0. The van der Waals surface area contributed by atoms with E-state index in [0.717, 1.165) is 38.8 Å². The van der Waals surface area contributed by atoms with Crippen molar-refractivity contribution in [2.75, 3.05) is 13.1 Å². The maximum absolute atomic E-state index is 12.1. The van der Waals surface area contributed by atoms with Crippen LogP contribution in [0.4, 0.5) is 0 Å². The zero-order chi connectivity index (χ0) is 11.5. The molecular weight excluding hydrogens is 206 g/mol. The fourth-order valence-electron chi connectivity index (χ4n) is 2.78. The average molecular weight is 225 g/mol. The topological polar surface area (TPSA) is 57.6 Å². The van der Waals surface area contributed by atoms with Crippen molar-refractivity contribution >= 4 is 11.9 Å². The molecule has 1 aliphatic carbocycles. The fourth-order valence-corrected chi connectivity index (χ4v) is 2.78. The smallest absolute Gasteiger partial charge is 0.306 e. The Morgan fingerprint density at radius 2 is 1.44 bits per heavy atom. The predicted octanol–water partition coefficient (Wildman–Crippen LogP) is 1.50. The first-order valence-electron chi connectivity index (χ1n) is 6.20. The molecule has 4 nitrogen and oxygen atoms in total. The molecule has 2 rings (SSSR count). The molecule has 0 atom stereocenters. The fraction of sp³-hybridized carbons (Fsp3) is 0.833. The van der Waals surface area contributed by atoms with Crippen LogP contribution >= 0.6 is 0 Å². The summed E-state index contributed by atoms with van der Waals surface area (Å²) >= 11 is 0. The molecule has 0 spiro atoms. The Kier molecular flexibility index (Phi) is 3.46. The van der Waals surface area contributed by atoms with Gasteiger partial charge in [0, 0.05) is 19.0 Å². The van der Waals surface area contributed by atoms with E-state index in [0.29, 0.717) is 12.8 Å². The van der Waals surface area contributed by atoms with Crippen LogP contribution in [0.2, 0.25) is 0 Å². The summed E-state index contributed by atoms with van der Waals surface area (Å²) in [4.78, 5) is 24.8. The molecule has 90 valence electrons. The molecule has 1 heterocycles. The lowest BCUT2D eigenvalue weighted by molar-refractivity contribution is -0.145. The molecule has 0 aromatic rings. The van der Waals surface area contributed by atoms with Gasteiger partial charge in [-0.25, -0.2) is 0 Å². The molecule has 1 N–H and O–H groups in total. The molecule has 0 aromatic carbocycles. The van der Waals surface area contributed by atoms with Crippen molar-refractivity contribution in [2.45, 2.75) is 38.5 Å². The second kappa shape index (κ2) is 4.85. The normalized spacial score (nSPS) is 30.4. The third-order valence-electron chi connectivity index (χ3n) is 3.84. The summed E-state index contributed by atoms with van der Waals surface area (Å²) in [6, 6.07) is 0. The molecule has 0 unspecified atom stereocenters. The van der Waals surface area contributed by atoms with E-state index >= 15 is 0 Å². The van der Waals surface area contributed by atoms with E-state index < -0.39 is 5.97 Å². The van der Waals surface area contributed by atoms with Gasteiger partial charge in [-0.2, -0.15) is 0 Å². The number of nitrogens with zero attached hydrogens (tertiary/aromatic N) is 1. The van der Waals surface area contributed by atoms with E-state index in [-0.39, 0.29) is 17.7 Å². The zero-order valence-electron chi connectivity index (χ0n) is 9.52. The summed E-state index contributed by atoms with van der Waals surface area (Å²) in [5.41, 5.74) is 0.